The molecular weight excluding hydrogens is 490 g/mol. The number of thiophene rings is 1. The van der Waals surface area contributed by atoms with Crippen molar-refractivity contribution in [1.82, 2.24) is 4.90 Å². The molecule has 2 amide bonds. The third-order valence-electron chi connectivity index (χ3n) is 5.30. The number of ether oxygens (including phenoxy) is 1. The number of hydrogen-bond donors (Lipinski definition) is 1. The third-order valence-corrected chi connectivity index (χ3v) is 6.83. The van der Waals surface area contributed by atoms with Gasteiger partial charge in [0.1, 0.15) is 11.8 Å². The number of hydrogen-bond acceptors (Lipinski definition) is 5. The number of carbonyl (C=O) groups is 2. The number of thiocarbonyl (C=S) groups is 1. The van der Waals surface area contributed by atoms with Crippen molar-refractivity contribution < 1.29 is 14.3 Å². The standard InChI is InChI=1S/C25H24ClN3O3S2/c1-2-13-32-20-11-7-18(8-12-20)27-23(30)15-22-24(31)29(19-9-5-17(26)6-10-19)25(33)28(22)16-21-4-3-14-34-21/h3-12,14,22H,2,13,15-16H2,1H3,(H,27,30)/t22-/m0/s1. The van der Waals surface area contributed by atoms with E-state index in [4.69, 9.17) is 28.6 Å². The molecule has 2 aromatic carbocycles. The Morgan fingerprint density at radius 3 is 2.53 bits per heavy atom. The first-order valence-corrected chi connectivity index (χ1v) is 12.6. The van der Waals surface area contributed by atoms with Crippen molar-refractivity contribution in [3.63, 3.8) is 0 Å². The van der Waals surface area contributed by atoms with Crippen LogP contribution in [-0.4, -0.2) is 34.5 Å². The van der Waals surface area contributed by atoms with Gasteiger partial charge in [-0.2, -0.15) is 0 Å². The molecule has 1 N–H and O–H groups in total. The summed E-state index contributed by atoms with van der Waals surface area (Å²) in [4.78, 5) is 30.7. The van der Waals surface area contributed by atoms with Crippen molar-refractivity contribution >= 4 is 63.5 Å². The predicted molar refractivity (Wildman–Crippen MR) is 141 cm³/mol. The van der Waals surface area contributed by atoms with Crippen LogP contribution in [0.15, 0.2) is 66.0 Å². The predicted octanol–water partition coefficient (Wildman–Crippen LogP) is 5.72. The maximum absolute atomic E-state index is 13.4. The first-order valence-electron chi connectivity index (χ1n) is 10.9. The van der Waals surface area contributed by atoms with E-state index in [0.29, 0.717) is 34.7 Å². The van der Waals surface area contributed by atoms with Gasteiger partial charge in [-0.05, 0) is 78.6 Å². The zero-order chi connectivity index (χ0) is 24.1. The van der Waals surface area contributed by atoms with Crippen molar-refractivity contribution in [2.24, 2.45) is 0 Å². The summed E-state index contributed by atoms with van der Waals surface area (Å²) < 4.78 is 5.58. The fourth-order valence-corrected chi connectivity index (χ4v) is 4.87. The summed E-state index contributed by atoms with van der Waals surface area (Å²) in [7, 11) is 0. The van der Waals surface area contributed by atoms with Gasteiger partial charge in [0.25, 0.3) is 5.91 Å². The Labute approximate surface area is 213 Å². The second-order valence-electron chi connectivity index (χ2n) is 7.78. The Bertz CT molecular complexity index is 1150. The van der Waals surface area contributed by atoms with Crippen LogP contribution in [0, 0.1) is 0 Å². The molecule has 0 unspecified atom stereocenters. The van der Waals surface area contributed by atoms with Crippen LogP contribution in [0.25, 0.3) is 0 Å². The Balaban J connectivity index is 1.51. The minimum absolute atomic E-state index is 0.0253. The quantitative estimate of drug-likeness (QED) is 0.371. The van der Waals surface area contributed by atoms with Crippen LogP contribution in [0.4, 0.5) is 11.4 Å². The smallest absolute Gasteiger partial charge is 0.256 e. The maximum Gasteiger partial charge on any atom is 0.256 e. The van der Waals surface area contributed by atoms with Gasteiger partial charge in [-0.3, -0.25) is 14.5 Å². The molecule has 1 aromatic heterocycles. The lowest BCUT2D eigenvalue weighted by Crippen LogP contribution is -2.37. The van der Waals surface area contributed by atoms with Crippen LogP contribution in [0.3, 0.4) is 0 Å². The molecule has 9 heteroatoms. The summed E-state index contributed by atoms with van der Waals surface area (Å²) in [6, 6.07) is 17.3. The molecule has 4 rings (SSSR count). The number of rotatable bonds is 9. The van der Waals surface area contributed by atoms with Gasteiger partial charge in [0.15, 0.2) is 5.11 Å². The van der Waals surface area contributed by atoms with Crippen molar-refractivity contribution in [1.29, 1.82) is 0 Å². The van der Waals surface area contributed by atoms with E-state index in [-0.39, 0.29) is 18.2 Å². The largest absolute Gasteiger partial charge is 0.494 e. The highest BCUT2D eigenvalue weighted by atomic mass is 35.5. The van der Waals surface area contributed by atoms with Gasteiger partial charge < -0.3 is 15.0 Å². The molecule has 0 radical (unpaired) electrons. The average molecular weight is 514 g/mol. The average Bonchev–Trinajstić information content (AvgIpc) is 3.42. The topological polar surface area (TPSA) is 61.9 Å². The fraction of sp³-hybridized carbons (Fsp3) is 0.240. The molecule has 0 saturated carbocycles. The van der Waals surface area contributed by atoms with Gasteiger partial charge in [-0.1, -0.05) is 24.6 Å². The molecule has 1 fully saturated rings. The van der Waals surface area contributed by atoms with E-state index in [0.717, 1.165) is 17.0 Å². The Morgan fingerprint density at radius 1 is 1.15 bits per heavy atom. The van der Waals surface area contributed by atoms with Crippen LogP contribution in [0.2, 0.25) is 5.02 Å². The van der Waals surface area contributed by atoms with Gasteiger partial charge in [-0.25, -0.2) is 0 Å². The summed E-state index contributed by atoms with van der Waals surface area (Å²) in [5.41, 5.74) is 1.27. The molecule has 3 aromatic rings. The Hall–Kier alpha value is -2.94. The number of nitrogens with zero attached hydrogens (tertiary/aromatic N) is 2. The van der Waals surface area contributed by atoms with Gasteiger partial charge >= 0.3 is 0 Å². The highest BCUT2D eigenvalue weighted by Crippen LogP contribution is 2.30. The molecule has 2 heterocycles. The van der Waals surface area contributed by atoms with Gasteiger partial charge in [0.2, 0.25) is 5.91 Å². The SMILES string of the molecule is CCCOc1ccc(NC(=O)C[C@H]2C(=O)N(c3ccc(Cl)cc3)C(=S)N2Cc2cccs2)cc1. The molecule has 34 heavy (non-hydrogen) atoms. The van der Waals surface area contributed by atoms with Crippen LogP contribution in [-0.2, 0) is 16.1 Å². The Morgan fingerprint density at radius 2 is 1.88 bits per heavy atom. The number of anilines is 2. The van der Waals surface area contributed by atoms with E-state index in [1.165, 1.54) is 4.90 Å². The lowest BCUT2D eigenvalue weighted by atomic mass is 10.1. The first kappa shape index (κ1) is 24.2. The zero-order valence-electron chi connectivity index (χ0n) is 18.6. The van der Waals surface area contributed by atoms with E-state index in [1.807, 2.05) is 41.5 Å². The van der Waals surface area contributed by atoms with Crippen molar-refractivity contribution in [3.8, 4) is 5.75 Å². The number of carbonyl (C=O) groups excluding carboxylic acids is 2. The highest BCUT2D eigenvalue weighted by molar-refractivity contribution is 7.80. The maximum atomic E-state index is 13.4. The second kappa shape index (κ2) is 11.0. The normalized spacial score (nSPS) is 15.6. The summed E-state index contributed by atoms with van der Waals surface area (Å²) in [6.45, 7) is 3.13. The van der Waals surface area contributed by atoms with E-state index >= 15 is 0 Å². The van der Waals surface area contributed by atoms with E-state index in [9.17, 15) is 9.59 Å². The highest BCUT2D eigenvalue weighted by Gasteiger charge is 2.44. The molecule has 6 nitrogen and oxygen atoms in total. The van der Waals surface area contributed by atoms with Crippen LogP contribution >= 0.6 is 35.2 Å². The first-order chi connectivity index (χ1) is 16.5. The minimum atomic E-state index is -0.711. The third kappa shape index (κ3) is 5.58. The van der Waals surface area contributed by atoms with Crippen LogP contribution < -0.4 is 15.0 Å². The van der Waals surface area contributed by atoms with E-state index in [2.05, 4.69) is 5.32 Å². The molecule has 1 aliphatic heterocycles. The van der Waals surface area contributed by atoms with Gasteiger partial charge in [0, 0.05) is 15.6 Å². The molecule has 1 aliphatic rings. The fourth-order valence-electron chi connectivity index (χ4n) is 3.65. The summed E-state index contributed by atoms with van der Waals surface area (Å²) in [5, 5.41) is 5.79. The zero-order valence-corrected chi connectivity index (χ0v) is 21.0. The number of halogens is 1. The molecule has 0 spiro atoms. The molecule has 1 atom stereocenters. The number of nitrogens with one attached hydrogen (secondary N) is 1. The van der Waals surface area contributed by atoms with Crippen molar-refractivity contribution in [2.45, 2.75) is 32.4 Å². The van der Waals surface area contributed by atoms with E-state index in [1.54, 1.807) is 47.7 Å². The monoisotopic (exact) mass is 513 g/mol. The molecular formula is C25H24ClN3O3S2. The second-order valence-corrected chi connectivity index (χ2v) is 9.61. The van der Waals surface area contributed by atoms with Crippen molar-refractivity contribution in [2.75, 3.05) is 16.8 Å². The van der Waals surface area contributed by atoms with Crippen LogP contribution in [0.1, 0.15) is 24.6 Å². The summed E-state index contributed by atoms with van der Waals surface area (Å²) in [6.07, 6.45) is 0.896. The Kier molecular flexibility index (Phi) is 7.82. The number of amides is 2. The lowest BCUT2D eigenvalue weighted by Gasteiger charge is -2.23. The lowest BCUT2D eigenvalue weighted by molar-refractivity contribution is -0.124. The molecule has 0 bridgehead atoms. The summed E-state index contributed by atoms with van der Waals surface area (Å²) >= 11 is 13.3. The summed E-state index contributed by atoms with van der Waals surface area (Å²) in [5.74, 6) is 0.247. The molecule has 0 aliphatic carbocycles. The van der Waals surface area contributed by atoms with Crippen LogP contribution in [0.5, 0.6) is 5.75 Å². The van der Waals surface area contributed by atoms with Crippen molar-refractivity contribution in [3.05, 3.63) is 75.9 Å². The molecule has 1 saturated heterocycles. The van der Waals surface area contributed by atoms with Gasteiger partial charge in [-0.15, -0.1) is 11.3 Å². The van der Waals surface area contributed by atoms with Gasteiger partial charge in [0.05, 0.1) is 25.3 Å². The minimum Gasteiger partial charge on any atom is -0.494 e. The molecule has 176 valence electrons. The number of benzene rings is 2. The van der Waals surface area contributed by atoms with E-state index < -0.39 is 6.04 Å².